The van der Waals surface area contributed by atoms with Gasteiger partial charge >= 0.3 is 0 Å². The zero-order chi connectivity index (χ0) is 23.1. The fourth-order valence-electron chi connectivity index (χ4n) is 4.13. The summed E-state index contributed by atoms with van der Waals surface area (Å²) in [6.07, 6.45) is 2.29. The van der Waals surface area contributed by atoms with E-state index in [-0.39, 0.29) is 49.0 Å². The van der Waals surface area contributed by atoms with Crippen molar-refractivity contribution >= 4 is 23.4 Å². The van der Waals surface area contributed by atoms with E-state index in [1.165, 1.54) is 0 Å². The molecule has 32 heavy (non-hydrogen) atoms. The second-order valence-electron chi connectivity index (χ2n) is 8.22. The highest BCUT2D eigenvalue weighted by Gasteiger charge is 2.39. The van der Waals surface area contributed by atoms with E-state index in [1.54, 1.807) is 37.3 Å². The molecule has 0 unspecified atom stereocenters. The van der Waals surface area contributed by atoms with Crippen LogP contribution >= 0.6 is 0 Å². The molecule has 3 amide bonds. The van der Waals surface area contributed by atoms with E-state index in [4.69, 9.17) is 14.2 Å². The van der Waals surface area contributed by atoms with E-state index < -0.39 is 0 Å². The van der Waals surface area contributed by atoms with Gasteiger partial charge in [0.15, 0.2) is 0 Å². The van der Waals surface area contributed by atoms with Crippen molar-refractivity contribution in [3.05, 3.63) is 23.8 Å². The van der Waals surface area contributed by atoms with Gasteiger partial charge in [-0.05, 0) is 37.5 Å². The fourth-order valence-corrected chi connectivity index (χ4v) is 4.13. The highest BCUT2D eigenvalue weighted by Crippen LogP contribution is 2.32. The van der Waals surface area contributed by atoms with Gasteiger partial charge in [0.1, 0.15) is 18.5 Å². The molecule has 2 heterocycles. The Labute approximate surface area is 188 Å². The molecule has 0 aromatic heterocycles. The minimum absolute atomic E-state index is 0.0790. The van der Waals surface area contributed by atoms with Gasteiger partial charge < -0.3 is 29.7 Å². The predicted octanol–water partition coefficient (Wildman–Crippen LogP) is 1.96. The predicted molar refractivity (Wildman–Crippen MR) is 119 cm³/mol. The lowest BCUT2D eigenvalue weighted by Gasteiger charge is -2.42. The first-order valence-electron chi connectivity index (χ1n) is 11.2. The molecular weight excluding hydrogens is 414 g/mol. The molecule has 1 aromatic carbocycles. The standard InChI is InChI=1S/C23H33N3O6/c1-4-5-21(27)25-15-6-9-19-17(12-15)23(29)26(2)18-8-7-16(32-20(18)14-31-19)13-22(28)24-10-11-30-3/h6,9,12,16,18,20H,4-5,7-8,10-11,13-14H2,1-3H3,(H,24,28)(H,25,27)/t16-,18-,20-/m0/s1. The van der Waals surface area contributed by atoms with Crippen LogP contribution in [0, 0.1) is 0 Å². The third kappa shape index (κ3) is 5.98. The van der Waals surface area contributed by atoms with Crippen LogP contribution in [0.15, 0.2) is 18.2 Å². The number of carbonyl (C=O) groups excluding carboxylic acids is 3. The van der Waals surface area contributed by atoms with Crippen molar-refractivity contribution in [2.45, 2.75) is 57.3 Å². The quantitative estimate of drug-likeness (QED) is 0.590. The lowest BCUT2D eigenvalue weighted by atomic mass is 9.94. The minimum atomic E-state index is -0.327. The number of amides is 3. The lowest BCUT2D eigenvalue weighted by Crippen LogP contribution is -2.54. The smallest absolute Gasteiger partial charge is 0.257 e. The maximum absolute atomic E-state index is 13.2. The number of hydrogen-bond acceptors (Lipinski definition) is 6. The van der Waals surface area contributed by atoms with Crippen LogP contribution in [0.4, 0.5) is 5.69 Å². The molecule has 1 aromatic rings. The molecule has 2 N–H and O–H groups in total. The average Bonchev–Trinajstić information content (AvgIpc) is 2.77. The van der Waals surface area contributed by atoms with Crippen molar-refractivity contribution < 1.29 is 28.6 Å². The second kappa shape index (κ2) is 11.3. The molecule has 0 bridgehead atoms. The number of nitrogens with zero attached hydrogens (tertiary/aromatic N) is 1. The Hall–Kier alpha value is -2.65. The molecule has 2 aliphatic rings. The molecular formula is C23H33N3O6. The molecule has 3 rings (SSSR count). The third-order valence-electron chi connectivity index (χ3n) is 5.81. The zero-order valence-electron chi connectivity index (χ0n) is 19.0. The Morgan fingerprint density at radius 3 is 2.81 bits per heavy atom. The highest BCUT2D eigenvalue weighted by atomic mass is 16.5. The summed E-state index contributed by atoms with van der Waals surface area (Å²) in [5, 5.41) is 5.64. The molecule has 3 atom stereocenters. The normalized spacial score (nSPS) is 22.7. The number of carbonyl (C=O) groups is 3. The van der Waals surface area contributed by atoms with Gasteiger partial charge in [-0.25, -0.2) is 0 Å². The van der Waals surface area contributed by atoms with Crippen molar-refractivity contribution in [1.82, 2.24) is 10.2 Å². The van der Waals surface area contributed by atoms with Crippen LogP contribution < -0.4 is 15.4 Å². The van der Waals surface area contributed by atoms with Crippen LogP contribution in [0.1, 0.15) is 49.4 Å². The van der Waals surface area contributed by atoms with E-state index in [9.17, 15) is 14.4 Å². The minimum Gasteiger partial charge on any atom is -0.490 e. The first kappa shape index (κ1) is 24.0. The molecule has 1 saturated heterocycles. The summed E-state index contributed by atoms with van der Waals surface area (Å²) < 4.78 is 17.1. The van der Waals surface area contributed by atoms with Crippen LogP contribution in [0.2, 0.25) is 0 Å². The Kier molecular flexibility index (Phi) is 8.46. The zero-order valence-corrected chi connectivity index (χ0v) is 19.0. The topological polar surface area (TPSA) is 106 Å². The van der Waals surface area contributed by atoms with Crippen LogP contribution in [-0.2, 0) is 19.1 Å². The van der Waals surface area contributed by atoms with Crippen LogP contribution in [-0.4, -0.2) is 74.8 Å². The molecule has 0 saturated carbocycles. The number of methoxy groups -OCH3 is 1. The number of ether oxygens (including phenoxy) is 3. The van der Waals surface area contributed by atoms with E-state index >= 15 is 0 Å². The molecule has 1 fully saturated rings. The largest absolute Gasteiger partial charge is 0.490 e. The third-order valence-corrected chi connectivity index (χ3v) is 5.81. The van der Waals surface area contributed by atoms with E-state index in [1.807, 2.05) is 6.92 Å². The number of nitrogens with one attached hydrogen (secondary N) is 2. The van der Waals surface area contributed by atoms with Gasteiger partial charge in [0.05, 0.1) is 30.7 Å². The first-order chi connectivity index (χ1) is 15.4. The first-order valence-corrected chi connectivity index (χ1v) is 11.2. The summed E-state index contributed by atoms with van der Waals surface area (Å²) in [6.45, 7) is 3.14. The summed E-state index contributed by atoms with van der Waals surface area (Å²) >= 11 is 0. The Morgan fingerprint density at radius 1 is 1.25 bits per heavy atom. The molecule has 9 nitrogen and oxygen atoms in total. The number of anilines is 1. The summed E-state index contributed by atoms with van der Waals surface area (Å²) in [4.78, 5) is 39.0. The van der Waals surface area contributed by atoms with Crippen molar-refractivity contribution in [1.29, 1.82) is 0 Å². The number of fused-ring (bicyclic) bond motifs is 2. The number of hydrogen-bond donors (Lipinski definition) is 2. The van der Waals surface area contributed by atoms with Gasteiger partial charge in [0, 0.05) is 32.8 Å². The number of rotatable bonds is 8. The summed E-state index contributed by atoms with van der Waals surface area (Å²) in [7, 11) is 3.35. The van der Waals surface area contributed by atoms with Crippen molar-refractivity contribution in [2.75, 3.05) is 39.2 Å². The molecule has 0 spiro atoms. The highest BCUT2D eigenvalue weighted by molar-refractivity contribution is 5.99. The SMILES string of the molecule is CCCC(=O)Nc1ccc2c(c1)C(=O)N(C)[C@H]1CC[C@@H](CC(=O)NCCOC)O[C@H]1CO2. The van der Waals surface area contributed by atoms with Crippen LogP contribution in [0.3, 0.4) is 0 Å². The summed E-state index contributed by atoms with van der Waals surface area (Å²) in [5.41, 5.74) is 0.990. The maximum Gasteiger partial charge on any atom is 0.257 e. The van der Waals surface area contributed by atoms with E-state index in [2.05, 4.69) is 10.6 Å². The van der Waals surface area contributed by atoms with Gasteiger partial charge in [-0.15, -0.1) is 0 Å². The fraction of sp³-hybridized carbons (Fsp3) is 0.609. The molecule has 0 aliphatic carbocycles. The summed E-state index contributed by atoms with van der Waals surface area (Å²) in [6, 6.07) is 4.95. The maximum atomic E-state index is 13.2. The van der Waals surface area contributed by atoms with Crippen LogP contribution in [0.5, 0.6) is 5.75 Å². The lowest BCUT2D eigenvalue weighted by molar-refractivity contribution is -0.134. The van der Waals surface area contributed by atoms with Crippen molar-refractivity contribution in [2.24, 2.45) is 0 Å². The molecule has 9 heteroatoms. The second-order valence-corrected chi connectivity index (χ2v) is 8.22. The Balaban J connectivity index is 1.67. The van der Waals surface area contributed by atoms with Crippen molar-refractivity contribution in [3.8, 4) is 5.75 Å². The van der Waals surface area contributed by atoms with Gasteiger partial charge in [0.25, 0.3) is 5.91 Å². The Morgan fingerprint density at radius 2 is 2.06 bits per heavy atom. The number of likely N-dealkylation sites (N-methyl/N-ethyl adjacent to an activating group) is 1. The number of benzene rings is 1. The van der Waals surface area contributed by atoms with Gasteiger partial charge in [-0.3, -0.25) is 14.4 Å². The van der Waals surface area contributed by atoms with Crippen LogP contribution in [0.25, 0.3) is 0 Å². The van der Waals surface area contributed by atoms with Gasteiger partial charge in [0.2, 0.25) is 11.8 Å². The van der Waals surface area contributed by atoms with E-state index in [0.29, 0.717) is 49.4 Å². The summed E-state index contributed by atoms with van der Waals surface area (Å²) in [5.74, 6) is 0.111. The molecule has 176 valence electrons. The molecule has 2 aliphatic heterocycles. The van der Waals surface area contributed by atoms with E-state index in [0.717, 1.165) is 6.42 Å². The Bertz CT molecular complexity index is 830. The van der Waals surface area contributed by atoms with Crippen molar-refractivity contribution in [3.63, 3.8) is 0 Å². The van der Waals surface area contributed by atoms with Gasteiger partial charge in [-0.1, -0.05) is 6.92 Å². The monoisotopic (exact) mass is 447 g/mol. The van der Waals surface area contributed by atoms with Gasteiger partial charge in [-0.2, -0.15) is 0 Å². The molecule has 0 radical (unpaired) electrons. The average molecular weight is 448 g/mol.